The van der Waals surface area contributed by atoms with Crippen LogP contribution in [-0.4, -0.2) is 22.9 Å². The van der Waals surface area contributed by atoms with Crippen LogP contribution in [0.3, 0.4) is 0 Å². The SMILES string of the molecule is FC1=C(Cl)C(F)(F)C(F)(F)C(F)(Cl)C1(F)F. The van der Waals surface area contributed by atoms with E-state index in [0.29, 0.717) is 0 Å². The molecule has 0 saturated heterocycles. The molecule has 0 aliphatic heterocycles. The second kappa shape index (κ2) is 3.16. The molecule has 0 radical (unpaired) electrons. The Morgan fingerprint density at radius 3 is 1.56 bits per heavy atom. The van der Waals surface area contributed by atoms with Crippen molar-refractivity contribution in [2.45, 2.75) is 22.9 Å². The summed E-state index contributed by atoms with van der Waals surface area (Å²) in [5.41, 5.74) is 0. The predicted octanol–water partition coefficient (Wildman–Crippen LogP) is 4.23. The van der Waals surface area contributed by atoms with Gasteiger partial charge >= 0.3 is 22.9 Å². The summed E-state index contributed by atoms with van der Waals surface area (Å²) in [5.74, 6) is -20.6. The molecular weight excluding hydrogens is 295 g/mol. The Morgan fingerprint density at radius 1 is 0.812 bits per heavy atom. The monoisotopic (exact) mass is 294 g/mol. The van der Waals surface area contributed by atoms with E-state index >= 15 is 0 Å². The molecule has 94 valence electrons. The van der Waals surface area contributed by atoms with Gasteiger partial charge in [-0.25, -0.2) is 8.78 Å². The zero-order valence-electron chi connectivity index (χ0n) is 6.78. The third kappa shape index (κ3) is 1.23. The van der Waals surface area contributed by atoms with E-state index in [2.05, 4.69) is 23.2 Å². The number of halogens is 10. The summed E-state index contributed by atoms with van der Waals surface area (Å²) in [5, 5.41) is -8.37. The molecule has 1 unspecified atom stereocenters. The predicted molar refractivity (Wildman–Crippen MR) is 38.5 cm³/mol. The zero-order chi connectivity index (χ0) is 13.2. The van der Waals surface area contributed by atoms with Gasteiger partial charge in [-0.05, 0) is 0 Å². The maximum absolute atomic E-state index is 12.8. The molecule has 1 aliphatic carbocycles. The zero-order valence-corrected chi connectivity index (χ0v) is 8.29. The van der Waals surface area contributed by atoms with Crippen LogP contribution in [0.15, 0.2) is 10.9 Å². The Labute approximate surface area is 92.8 Å². The first-order valence-electron chi connectivity index (χ1n) is 3.39. The van der Waals surface area contributed by atoms with Gasteiger partial charge in [-0.1, -0.05) is 23.2 Å². The minimum absolute atomic E-state index is 2.77. The van der Waals surface area contributed by atoms with Crippen molar-refractivity contribution in [2.24, 2.45) is 0 Å². The van der Waals surface area contributed by atoms with Gasteiger partial charge in [-0.2, -0.15) is 26.3 Å². The quantitative estimate of drug-likeness (QED) is 0.463. The summed E-state index contributed by atoms with van der Waals surface area (Å²) in [7, 11) is 0. The molecule has 0 aromatic carbocycles. The molecule has 0 nitrogen and oxygen atoms in total. The fraction of sp³-hybridized carbons (Fsp3) is 0.667. The van der Waals surface area contributed by atoms with Crippen molar-refractivity contribution in [3.8, 4) is 0 Å². The third-order valence-corrected chi connectivity index (χ3v) is 2.81. The molecule has 10 heteroatoms. The van der Waals surface area contributed by atoms with Gasteiger partial charge < -0.3 is 0 Å². The number of hydrogen-bond donors (Lipinski definition) is 0. The molecule has 0 spiro atoms. The first kappa shape index (κ1) is 13.8. The molecule has 0 aromatic heterocycles. The first-order valence-corrected chi connectivity index (χ1v) is 4.15. The molecule has 1 atom stereocenters. The van der Waals surface area contributed by atoms with Gasteiger partial charge in [0.25, 0.3) is 0 Å². The average Bonchev–Trinajstić information content (AvgIpc) is 2.12. The Kier molecular flexibility index (Phi) is 2.73. The number of alkyl halides is 8. The molecular formula is C6Cl2F8. The van der Waals surface area contributed by atoms with Gasteiger partial charge in [-0.3, -0.25) is 0 Å². The smallest absolute Gasteiger partial charge is 0.212 e. The maximum atomic E-state index is 12.8. The lowest BCUT2D eigenvalue weighted by atomic mass is 9.92. The summed E-state index contributed by atoms with van der Waals surface area (Å²) in [4.78, 5) is 0. The normalized spacial score (nSPS) is 36.4. The second-order valence-corrected chi connectivity index (χ2v) is 3.82. The summed E-state index contributed by atoms with van der Waals surface area (Å²) >= 11 is 8.34. The molecule has 0 amide bonds. The minimum atomic E-state index is -6.06. The molecule has 16 heavy (non-hydrogen) atoms. The number of rotatable bonds is 0. The van der Waals surface area contributed by atoms with Gasteiger partial charge in [0.05, 0.1) is 0 Å². The highest BCUT2D eigenvalue weighted by Crippen LogP contribution is 2.63. The topological polar surface area (TPSA) is 0 Å². The molecule has 1 rings (SSSR count). The number of allylic oxidation sites excluding steroid dienone is 2. The average molecular weight is 295 g/mol. The molecule has 0 N–H and O–H groups in total. The van der Waals surface area contributed by atoms with Crippen molar-refractivity contribution in [1.82, 2.24) is 0 Å². The third-order valence-electron chi connectivity index (χ3n) is 1.93. The highest BCUT2D eigenvalue weighted by molar-refractivity contribution is 6.32. The van der Waals surface area contributed by atoms with Gasteiger partial charge in [0, 0.05) is 0 Å². The van der Waals surface area contributed by atoms with Crippen molar-refractivity contribution in [1.29, 1.82) is 0 Å². The Balaban J connectivity index is 3.64. The largest absolute Gasteiger partial charge is 0.369 e. The van der Waals surface area contributed by atoms with Crippen molar-refractivity contribution in [2.75, 3.05) is 0 Å². The van der Waals surface area contributed by atoms with Gasteiger partial charge in [0.1, 0.15) is 5.03 Å². The highest BCUT2D eigenvalue weighted by Gasteiger charge is 2.85. The fourth-order valence-electron chi connectivity index (χ4n) is 0.946. The van der Waals surface area contributed by atoms with E-state index in [1.165, 1.54) is 0 Å². The van der Waals surface area contributed by atoms with E-state index in [1.54, 1.807) is 0 Å². The van der Waals surface area contributed by atoms with Crippen LogP contribution in [0.1, 0.15) is 0 Å². The van der Waals surface area contributed by atoms with Gasteiger partial charge in [0.2, 0.25) is 0 Å². The Morgan fingerprint density at radius 2 is 1.19 bits per heavy atom. The summed E-state index contributed by atoms with van der Waals surface area (Å²) in [6.45, 7) is 0. The second-order valence-electron chi connectivity index (χ2n) is 2.93. The first-order chi connectivity index (χ1) is 6.82. The van der Waals surface area contributed by atoms with Crippen molar-refractivity contribution in [3.63, 3.8) is 0 Å². The van der Waals surface area contributed by atoms with Gasteiger partial charge in [-0.15, -0.1) is 0 Å². The standard InChI is InChI=1S/C6Cl2F8/c7-1-2(9)4(12,13)5(8,14)6(15,16)3(1,10)11. The highest BCUT2D eigenvalue weighted by atomic mass is 35.5. The van der Waals surface area contributed by atoms with Crippen LogP contribution in [-0.2, 0) is 0 Å². The molecule has 0 saturated carbocycles. The summed E-state index contributed by atoms with van der Waals surface area (Å²) in [6, 6.07) is 0. The molecule has 0 bridgehead atoms. The Bertz CT molecular complexity index is 324. The van der Waals surface area contributed by atoms with E-state index in [-0.39, 0.29) is 0 Å². The van der Waals surface area contributed by atoms with Crippen LogP contribution in [0.5, 0.6) is 0 Å². The molecule has 0 aromatic rings. The van der Waals surface area contributed by atoms with E-state index in [1.807, 2.05) is 0 Å². The summed E-state index contributed by atoms with van der Waals surface area (Å²) in [6.07, 6.45) is 0. The lowest BCUT2D eigenvalue weighted by molar-refractivity contribution is -0.286. The lowest BCUT2D eigenvalue weighted by Gasteiger charge is -2.41. The van der Waals surface area contributed by atoms with E-state index in [4.69, 9.17) is 0 Å². The Hall–Kier alpha value is -0.240. The van der Waals surface area contributed by atoms with E-state index in [0.717, 1.165) is 0 Å². The van der Waals surface area contributed by atoms with Crippen molar-refractivity contribution < 1.29 is 35.1 Å². The molecule has 0 heterocycles. The molecule has 1 aliphatic rings. The van der Waals surface area contributed by atoms with Crippen molar-refractivity contribution in [3.05, 3.63) is 10.9 Å². The van der Waals surface area contributed by atoms with E-state index < -0.39 is 33.8 Å². The van der Waals surface area contributed by atoms with Crippen LogP contribution >= 0.6 is 23.2 Å². The van der Waals surface area contributed by atoms with Crippen LogP contribution in [0.4, 0.5) is 35.1 Å². The minimum Gasteiger partial charge on any atom is -0.212 e. The van der Waals surface area contributed by atoms with Gasteiger partial charge in [0.15, 0.2) is 5.83 Å². The van der Waals surface area contributed by atoms with Crippen LogP contribution in [0.25, 0.3) is 0 Å². The molecule has 0 fully saturated rings. The fourth-order valence-corrected chi connectivity index (χ4v) is 1.38. The lowest BCUT2D eigenvalue weighted by Crippen LogP contribution is -2.65. The van der Waals surface area contributed by atoms with Crippen molar-refractivity contribution >= 4 is 23.2 Å². The van der Waals surface area contributed by atoms with Crippen LogP contribution in [0.2, 0.25) is 0 Å². The summed E-state index contributed by atoms with van der Waals surface area (Å²) < 4.78 is 101. The maximum Gasteiger partial charge on any atom is 0.369 e. The number of hydrogen-bond acceptors (Lipinski definition) is 0. The van der Waals surface area contributed by atoms with E-state index in [9.17, 15) is 35.1 Å². The van der Waals surface area contributed by atoms with Crippen LogP contribution in [0, 0.1) is 0 Å². The van der Waals surface area contributed by atoms with Crippen LogP contribution < -0.4 is 0 Å².